The first-order valence-electron chi connectivity index (χ1n) is 12.1. The smallest absolute Gasteiger partial charge is 0.261 e. The molecule has 0 aliphatic carbocycles. The number of carbonyl (C=O) groups is 2. The Bertz CT molecular complexity index is 1120. The van der Waals surface area contributed by atoms with Crippen LogP contribution in [0.4, 0.5) is 4.39 Å². The zero-order valence-corrected chi connectivity index (χ0v) is 20.8. The van der Waals surface area contributed by atoms with Crippen LogP contribution in [0.3, 0.4) is 0 Å². The van der Waals surface area contributed by atoms with Gasteiger partial charge in [-0.15, -0.1) is 0 Å². The van der Waals surface area contributed by atoms with Crippen molar-refractivity contribution in [1.82, 2.24) is 10.2 Å². The Labute approximate surface area is 212 Å². The standard InChI is InChI=1S/C29H33FN2O4/c1-3-4-17-31-29(34)26(19-22-11-6-5-7-12-22)32(20-23-13-10-14-24(18-23)35-2)28(33)21-36-27-16-9-8-15-25(27)30/h5-16,18,26H,3-4,17,19-21H2,1-2H3,(H,31,34)/t26-/m0/s1. The summed E-state index contributed by atoms with van der Waals surface area (Å²) in [5.41, 5.74) is 1.72. The third-order valence-corrected chi connectivity index (χ3v) is 5.78. The van der Waals surface area contributed by atoms with Crippen molar-refractivity contribution in [1.29, 1.82) is 0 Å². The Morgan fingerprint density at radius 2 is 1.69 bits per heavy atom. The molecule has 6 nitrogen and oxygen atoms in total. The van der Waals surface area contributed by atoms with Crippen molar-refractivity contribution in [2.75, 3.05) is 20.3 Å². The average molecular weight is 493 g/mol. The van der Waals surface area contributed by atoms with Gasteiger partial charge in [-0.1, -0.05) is 67.9 Å². The molecule has 0 aromatic heterocycles. The Morgan fingerprint density at radius 1 is 0.972 bits per heavy atom. The number of methoxy groups -OCH3 is 1. The van der Waals surface area contributed by atoms with E-state index in [4.69, 9.17) is 9.47 Å². The second-order valence-corrected chi connectivity index (χ2v) is 8.44. The Hall–Kier alpha value is -3.87. The van der Waals surface area contributed by atoms with Crippen molar-refractivity contribution < 1.29 is 23.5 Å². The van der Waals surface area contributed by atoms with Crippen LogP contribution in [0.1, 0.15) is 30.9 Å². The summed E-state index contributed by atoms with van der Waals surface area (Å²) >= 11 is 0. The second kappa shape index (κ2) is 13.9. The largest absolute Gasteiger partial charge is 0.497 e. The van der Waals surface area contributed by atoms with Gasteiger partial charge < -0.3 is 19.7 Å². The molecule has 190 valence electrons. The SMILES string of the molecule is CCCCNC(=O)[C@H](Cc1ccccc1)N(Cc1cccc(OC)c1)C(=O)COc1ccccc1F. The summed E-state index contributed by atoms with van der Waals surface area (Å²) in [5, 5.41) is 2.97. The fraction of sp³-hybridized carbons (Fsp3) is 0.310. The molecular formula is C29H33FN2O4. The van der Waals surface area contributed by atoms with E-state index in [1.54, 1.807) is 19.2 Å². The number of benzene rings is 3. The summed E-state index contributed by atoms with van der Waals surface area (Å²) in [4.78, 5) is 28.4. The molecule has 3 aromatic carbocycles. The first-order valence-corrected chi connectivity index (χ1v) is 12.1. The van der Waals surface area contributed by atoms with Crippen molar-refractivity contribution in [3.05, 3.63) is 95.8 Å². The molecule has 3 rings (SSSR count). The number of carbonyl (C=O) groups excluding carboxylic acids is 2. The van der Waals surface area contributed by atoms with Crippen molar-refractivity contribution in [2.45, 2.75) is 38.8 Å². The highest BCUT2D eigenvalue weighted by Gasteiger charge is 2.30. The zero-order chi connectivity index (χ0) is 25.8. The number of nitrogens with zero attached hydrogens (tertiary/aromatic N) is 1. The first kappa shape index (κ1) is 26.7. The lowest BCUT2D eigenvalue weighted by atomic mass is 10.0. The number of rotatable bonds is 13. The van der Waals surface area contributed by atoms with E-state index in [9.17, 15) is 14.0 Å². The van der Waals surface area contributed by atoms with Crippen LogP contribution in [0.5, 0.6) is 11.5 Å². The number of ether oxygens (including phenoxy) is 2. The van der Waals surface area contributed by atoms with Gasteiger partial charge in [-0.25, -0.2) is 4.39 Å². The molecule has 3 aromatic rings. The molecule has 0 bridgehead atoms. The molecule has 1 atom stereocenters. The lowest BCUT2D eigenvalue weighted by Gasteiger charge is -2.31. The maximum Gasteiger partial charge on any atom is 0.261 e. The predicted octanol–water partition coefficient (Wildman–Crippen LogP) is 4.77. The summed E-state index contributed by atoms with van der Waals surface area (Å²) < 4.78 is 24.9. The fourth-order valence-corrected chi connectivity index (χ4v) is 3.81. The van der Waals surface area contributed by atoms with E-state index in [2.05, 4.69) is 5.32 Å². The minimum atomic E-state index is -0.785. The van der Waals surface area contributed by atoms with Crippen LogP contribution < -0.4 is 14.8 Å². The third kappa shape index (κ3) is 7.83. The Kier molecular flexibility index (Phi) is 10.3. The van der Waals surface area contributed by atoms with E-state index in [1.807, 2.05) is 61.5 Å². The van der Waals surface area contributed by atoms with Crippen LogP contribution in [0.2, 0.25) is 0 Å². The van der Waals surface area contributed by atoms with E-state index in [0.29, 0.717) is 18.7 Å². The van der Waals surface area contributed by atoms with E-state index in [0.717, 1.165) is 24.0 Å². The van der Waals surface area contributed by atoms with Crippen LogP contribution in [0, 0.1) is 5.82 Å². The molecule has 0 aliphatic rings. The van der Waals surface area contributed by atoms with Gasteiger partial charge in [0.25, 0.3) is 5.91 Å². The van der Waals surface area contributed by atoms with Gasteiger partial charge in [-0.05, 0) is 41.8 Å². The molecule has 0 heterocycles. The van der Waals surface area contributed by atoms with Gasteiger partial charge in [-0.3, -0.25) is 9.59 Å². The van der Waals surface area contributed by atoms with Crippen molar-refractivity contribution in [2.24, 2.45) is 0 Å². The maximum atomic E-state index is 14.1. The van der Waals surface area contributed by atoms with Crippen molar-refractivity contribution in [3.63, 3.8) is 0 Å². The minimum Gasteiger partial charge on any atom is -0.497 e. The Balaban J connectivity index is 1.91. The highest BCUT2D eigenvalue weighted by atomic mass is 19.1. The number of halogens is 1. The van der Waals surface area contributed by atoms with E-state index in [1.165, 1.54) is 17.0 Å². The van der Waals surface area contributed by atoms with Crippen LogP contribution >= 0.6 is 0 Å². The molecule has 1 N–H and O–H groups in total. The number of hydrogen-bond donors (Lipinski definition) is 1. The average Bonchev–Trinajstić information content (AvgIpc) is 2.90. The van der Waals surface area contributed by atoms with Crippen molar-refractivity contribution in [3.8, 4) is 11.5 Å². The molecule has 0 saturated heterocycles. The minimum absolute atomic E-state index is 0.0146. The molecular weight excluding hydrogens is 459 g/mol. The molecule has 0 fully saturated rings. The monoisotopic (exact) mass is 492 g/mol. The molecule has 2 amide bonds. The van der Waals surface area contributed by atoms with Crippen molar-refractivity contribution >= 4 is 11.8 Å². The normalized spacial score (nSPS) is 11.4. The lowest BCUT2D eigenvalue weighted by molar-refractivity contribution is -0.142. The molecule has 36 heavy (non-hydrogen) atoms. The van der Waals surface area contributed by atoms with Gasteiger partial charge >= 0.3 is 0 Å². The quantitative estimate of drug-likeness (QED) is 0.349. The van der Waals surface area contributed by atoms with Gasteiger partial charge in [0, 0.05) is 19.5 Å². The van der Waals surface area contributed by atoms with Gasteiger partial charge in [-0.2, -0.15) is 0 Å². The summed E-state index contributed by atoms with van der Waals surface area (Å²) in [6.07, 6.45) is 2.10. The molecule has 7 heteroatoms. The van der Waals surface area contributed by atoms with E-state index >= 15 is 0 Å². The van der Waals surface area contributed by atoms with Crippen LogP contribution in [-0.4, -0.2) is 43.0 Å². The number of nitrogens with one attached hydrogen (secondary N) is 1. The lowest BCUT2D eigenvalue weighted by Crippen LogP contribution is -2.51. The molecule has 0 radical (unpaired) electrons. The maximum absolute atomic E-state index is 14.1. The van der Waals surface area contributed by atoms with Gasteiger partial charge in [0.15, 0.2) is 18.2 Å². The van der Waals surface area contributed by atoms with Crippen LogP contribution in [0.25, 0.3) is 0 Å². The number of hydrogen-bond acceptors (Lipinski definition) is 4. The van der Waals surface area contributed by atoms with Gasteiger partial charge in [0.1, 0.15) is 11.8 Å². The third-order valence-electron chi connectivity index (χ3n) is 5.78. The predicted molar refractivity (Wildman–Crippen MR) is 137 cm³/mol. The second-order valence-electron chi connectivity index (χ2n) is 8.44. The fourth-order valence-electron chi connectivity index (χ4n) is 3.81. The molecule has 0 aliphatic heterocycles. The molecule has 0 saturated carbocycles. The highest BCUT2D eigenvalue weighted by molar-refractivity contribution is 5.88. The van der Waals surface area contributed by atoms with E-state index in [-0.39, 0.29) is 18.2 Å². The molecule has 0 spiro atoms. The number of amides is 2. The highest BCUT2D eigenvalue weighted by Crippen LogP contribution is 2.20. The Morgan fingerprint density at radius 3 is 2.42 bits per heavy atom. The van der Waals surface area contributed by atoms with E-state index < -0.39 is 24.4 Å². The molecule has 0 unspecified atom stereocenters. The number of para-hydroxylation sites is 1. The van der Waals surface area contributed by atoms with Crippen LogP contribution in [-0.2, 0) is 22.6 Å². The summed E-state index contributed by atoms with van der Waals surface area (Å²) in [7, 11) is 1.57. The number of unbranched alkanes of at least 4 members (excludes halogenated alkanes) is 1. The summed E-state index contributed by atoms with van der Waals surface area (Å²) in [6, 6.07) is 22.0. The zero-order valence-electron chi connectivity index (χ0n) is 20.8. The van der Waals surface area contributed by atoms with Gasteiger partial charge in [0.05, 0.1) is 7.11 Å². The van der Waals surface area contributed by atoms with Gasteiger partial charge in [0.2, 0.25) is 5.91 Å². The summed E-state index contributed by atoms with van der Waals surface area (Å²) in [5.74, 6) is -0.585. The summed E-state index contributed by atoms with van der Waals surface area (Å²) in [6.45, 7) is 2.33. The first-order chi connectivity index (χ1) is 17.5. The van der Waals surface area contributed by atoms with Crippen LogP contribution in [0.15, 0.2) is 78.9 Å². The topological polar surface area (TPSA) is 67.9 Å².